The maximum absolute atomic E-state index is 12.8. The van der Waals surface area contributed by atoms with Crippen LogP contribution in [0.1, 0.15) is 24.8 Å². The lowest BCUT2D eigenvalue weighted by molar-refractivity contribution is -0.137. The Morgan fingerprint density at radius 3 is 2.63 bits per heavy atom. The van der Waals surface area contributed by atoms with Crippen LogP contribution in [0.4, 0.5) is 18.9 Å². The van der Waals surface area contributed by atoms with Crippen LogP contribution in [0.25, 0.3) is 0 Å². The highest BCUT2D eigenvalue weighted by Crippen LogP contribution is 2.30. The summed E-state index contributed by atoms with van der Waals surface area (Å²) in [4.78, 5) is 24.4. The van der Waals surface area contributed by atoms with Crippen LogP contribution in [0.2, 0.25) is 0 Å². The average molecular weight is 403 g/mol. The van der Waals surface area contributed by atoms with Gasteiger partial charge in [0.15, 0.2) is 9.84 Å². The SMILES string of the molecule is O=C(Nc1cccc(C(F)(F)F)c1)C1=NN(C2CCS(=O)(=O)C2)C(=O)CC1. The Bertz CT molecular complexity index is 912. The third kappa shape index (κ3) is 4.46. The van der Waals surface area contributed by atoms with Crippen LogP contribution in [0.15, 0.2) is 29.4 Å². The third-order valence-corrected chi connectivity index (χ3v) is 6.07. The van der Waals surface area contributed by atoms with Gasteiger partial charge in [-0.25, -0.2) is 13.4 Å². The predicted molar refractivity (Wildman–Crippen MR) is 90.6 cm³/mol. The quantitative estimate of drug-likeness (QED) is 0.833. The van der Waals surface area contributed by atoms with Crippen LogP contribution >= 0.6 is 0 Å². The topological polar surface area (TPSA) is 95.9 Å². The number of hydrazone groups is 1. The lowest BCUT2D eigenvalue weighted by atomic mass is 10.1. The summed E-state index contributed by atoms with van der Waals surface area (Å²) in [5.41, 5.74) is -0.987. The van der Waals surface area contributed by atoms with Crippen molar-refractivity contribution < 1.29 is 31.2 Å². The van der Waals surface area contributed by atoms with E-state index in [0.29, 0.717) is 0 Å². The number of halogens is 3. The molecular weight excluding hydrogens is 387 g/mol. The summed E-state index contributed by atoms with van der Waals surface area (Å²) in [6, 6.07) is 3.53. The molecule has 0 bridgehead atoms. The van der Waals surface area contributed by atoms with Gasteiger partial charge in [-0.2, -0.15) is 18.3 Å². The fraction of sp³-hybridized carbons (Fsp3) is 0.438. The largest absolute Gasteiger partial charge is 0.416 e. The van der Waals surface area contributed by atoms with E-state index in [1.165, 1.54) is 12.1 Å². The molecule has 0 aliphatic carbocycles. The van der Waals surface area contributed by atoms with Gasteiger partial charge in [0, 0.05) is 18.5 Å². The molecule has 0 aromatic heterocycles. The fourth-order valence-electron chi connectivity index (χ4n) is 2.96. The maximum atomic E-state index is 12.8. The second kappa shape index (κ2) is 6.95. The molecule has 1 fully saturated rings. The minimum absolute atomic E-state index is 0.0224. The minimum Gasteiger partial charge on any atom is -0.321 e. The van der Waals surface area contributed by atoms with Gasteiger partial charge >= 0.3 is 6.18 Å². The number of rotatable bonds is 3. The summed E-state index contributed by atoms with van der Waals surface area (Å²) in [5, 5.41) is 7.34. The fourth-order valence-corrected chi connectivity index (χ4v) is 4.66. The lowest BCUT2D eigenvalue weighted by Crippen LogP contribution is -2.42. The smallest absolute Gasteiger partial charge is 0.321 e. The molecule has 1 unspecified atom stereocenters. The monoisotopic (exact) mass is 403 g/mol. The van der Waals surface area contributed by atoms with E-state index in [0.717, 1.165) is 17.1 Å². The molecule has 3 rings (SSSR count). The zero-order valence-electron chi connectivity index (χ0n) is 14.0. The molecular formula is C16H16F3N3O4S. The Kier molecular flexibility index (Phi) is 4.98. The Morgan fingerprint density at radius 1 is 1.26 bits per heavy atom. The van der Waals surface area contributed by atoms with E-state index in [1.54, 1.807) is 0 Å². The Morgan fingerprint density at radius 2 is 2.00 bits per heavy atom. The minimum atomic E-state index is -4.54. The number of anilines is 1. The predicted octanol–water partition coefficient (Wildman–Crippen LogP) is 1.81. The van der Waals surface area contributed by atoms with Gasteiger partial charge in [-0.3, -0.25) is 9.59 Å². The summed E-state index contributed by atoms with van der Waals surface area (Å²) < 4.78 is 61.5. The van der Waals surface area contributed by atoms with E-state index in [-0.39, 0.29) is 48.1 Å². The van der Waals surface area contributed by atoms with Crippen LogP contribution in [0.3, 0.4) is 0 Å². The molecule has 1 saturated heterocycles. The molecule has 27 heavy (non-hydrogen) atoms. The number of hydrogen-bond acceptors (Lipinski definition) is 5. The highest BCUT2D eigenvalue weighted by molar-refractivity contribution is 7.91. The maximum Gasteiger partial charge on any atom is 0.416 e. The number of benzene rings is 1. The number of nitrogens with one attached hydrogen (secondary N) is 1. The lowest BCUT2D eigenvalue weighted by Gasteiger charge is -2.27. The van der Waals surface area contributed by atoms with Gasteiger partial charge in [-0.15, -0.1) is 0 Å². The Balaban J connectivity index is 1.76. The zero-order chi connectivity index (χ0) is 19.8. The van der Waals surface area contributed by atoms with Crippen molar-refractivity contribution in [1.82, 2.24) is 5.01 Å². The number of carbonyl (C=O) groups is 2. The number of alkyl halides is 3. The number of hydrogen-bond donors (Lipinski definition) is 1. The van der Waals surface area contributed by atoms with Crippen molar-refractivity contribution in [2.75, 3.05) is 16.8 Å². The number of amides is 2. The summed E-state index contributed by atoms with van der Waals surface area (Å²) in [6.45, 7) is 0. The van der Waals surface area contributed by atoms with E-state index in [9.17, 15) is 31.2 Å². The molecule has 0 radical (unpaired) electrons. The van der Waals surface area contributed by atoms with Gasteiger partial charge in [0.1, 0.15) is 5.71 Å². The molecule has 1 aromatic carbocycles. The van der Waals surface area contributed by atoms with Gasteiger partial charge < -0.3 is 5.32 Å². The molecule has 2 heterocycles. The van der Waals surface area contributed by atoms with Crippen LogP contribution in [0.5, 0.6) is 0 Å². The summed E-state index contributed by atoms with van der Waals surface area (Å²) in [5.74, 6) is -1.38. The molecule has 1 N–H and O–H groups in total. The first-order valence-electron chi connectivity index (χ1n) is 8.14. The first-order chi connectivity index (χ1) is 12.5. The van der Waals surface area contributed by atoms with Crippen LogP contribution in [-0.4, -0.2) is 48.5 Å². The van der Waals surface area contributed by atoms with E-state index >= 15 is 0 Å². The molecule has 2 amide bonds. The number of carbonyl (C=O) groups excluding carboxylic acids is 2. The average Bonchev–Trinajstić information content (AvgIpc) is 2.94. The molecule has 2 aliphatic rings. The summed E-state index contributed by atoms with van der Waals surface area (Å²) in [6.07, 6.45) is -4.30. The molecule has 11 heteroatoms. The van der Waals surface area contributed by atoms with E-state index in [4.69, 9.17) is 0 Å². The van der Waals surface area contributed by atoms with Crippen molar-refractivity contribution in [1.29, 1.82) is 0 Å². The zero-order valence-corrected chi connectivity index (χ0v) is 14.8. The first kappa shape index (κ1) is 19.3. The van der Waals surface area contributed by atoms with Crippen molar-refractivity contribution >= 4 is 33.1 Å². The van der Waals surface area contributed by atoms with Crippen LogP contribution < -0.4 is 5.32 Å². The standard InChI is InChI=1S/C16H16F3N3O4S/c17-16(18,19)10-2-1-3-11(8-10)20-15(24)13-4-5-14(23)22(21-13)12-6-7-27(25,26)9-12/h1-3,8,12H,4-7,9H2,(H,20,24). The van der Waals surface area contributed by atoms with Crippen molar-refractivity contribution in [2.24, 2.45) is 5.10 Å². The van der Waals surface area contributed by atoms with Gasteiger partial charge in [-0.1, -0.05) is 6.07 Å². The van der Waals surface area contributed by atoms with E-state index in [2.05, 4.69) is 10.4 Å². The van der Waals surface area contributed by atoms with Gasteiger partial charge in [0.2, 0.25) is 5.91 Å². The molecule has 0 spiro atoms. The third-order valence-electron chi connectivity index (χ3n) is 4.32. The van der Waals surface area contributed by atoms with E-state index in [1.807, 2.05) is 0 Å². The van der Waals surface area contributed by atoms with Crippen molar-refractivity contribution in [3.8, 4) is 0 Å². The normalized spacial score (nSPS) is 22.5. The van der Waals surface area contributed by atoms with Gasteiger partial charge in [-0.05, 0) is 24.6 Å². The molecule has 1 atom stereocenters. The first-order valence-corrected chi connectivity index (χ1v) is 9.96. The van der Waals surface area contributed by atoms with Crippen molar-refractivity contribution in [3.05, 3.63) is 29.8 Å². The summed E-state index contributed by atoms with van der Waals surface area (Å²) >= 11 is 0. The number of nitrogens with zero attached hydrogens (tertiary/aromatic N) is 2. The van der Waals surface area contributed by atoms with E-state index < -0.39 is 33.5 Å². The molecule has 2 aliphatic heterocycles. The second-order valence-corrected chi connectivity index (χ2v) is 8.60. The highest BCUT2D eigenvalue weighted by Gasteiger charge is 2.37. The highest BCUT2D eigenvalue weighted by atomic mass is 32.2. The number of sulfone groups is 1. The molecule has 146 valence electrons. The van der Waals surface area contributed by atoms with Crippen molar-refractivity contribution in [3.63, 3.8) is 0 Å². The van der Waals surface area contributed by atoms with Crippen LogP contribution in [-0.2, 0) is 25.6 Å². The summed E-state index contributed by atoms with van der Waals surface area (Å²) in [7, 11) is -3.24. The Labute approximate surface area is 153 Å². The Hall–Kier alpha value is -2.43. The van der Waals surface area contributed by atoms with Crippen LogP contribution in [0, 0.1) is 0 Å². The molecule has 7 nitrogen and oxygen atoms in total. The second-order valence-electron chi connectivity index (χ2n) is 6.37. The molecule has 0 saturated carbocycles. The van der Waals surface area contributed by atoms with Gasteiger partial charge in [0.25, 0.3) is 5.91 Å². The van der Waals surface area contributed by atoms with Gasteiger partial charge in [0.05, 0.1) is 23.1 Å². The molecule has 1 aromatic rings. The van der Waals surface area contributed by atoms with Crippen molar-refractivity contribution in [2.45, 2.75) is 31.5 Å².